The number of amides is 1. The van der Waals surface area contributed by atoms with Crippen LogP contribution in [0.25, 0.3) is 0 Å². The minimum absolute atomic E-state index is 0.00353. The quantitative estimate of drug-likeness (QED) is 0.818. The van der Waals surface area contributed by atoms with E-state index in [4.69, 9.17) is 9.47 Å². The summed E-state index contributed by atoms with van der Waals surface area (Å²) in [6.07, 6.45) is -0.00353. The molecule has 1 aliphatic heterocycles. The third kappa shape index (κ3) is 4.32. The van der Waals surface area contributed by atoms with Gasteiger partial charge in [0.25, 0.3) is 5.91 Å². The number of nitrogens with zero attached hydrogens (tertiary/aromatic N) is 1. The molecule has 0 N–H and O–H groups in total. The predicted molar refractivity (Wildman–Crippen MR) is 88.2 cm³/mol. The summed E-state index contributed by atoms with van der Waals surface area (Å²) in [6, 6.07) is 13.9. The molecule has 0 spiro atoms. The van der Waals surface area contributed by atoms with Crippen LogP contribution in [0.4, 0.5) is 4.39 Å². The number of ether oxygens (including phenoxy) is 2. The number of hydrogen-bond donors (Lipinski definition) is 0. The smallest absolute Gasteiger partial charge is 0.260 e. The monoisotopic (exact) mass is 329 g/mol. The van der Waals surface area contributed by atoms with Crippen LogP contribution in [0.1, 0.15) is 11.1 Å². The van der Waals surface area contributed by atoms with E-state index in [0.29, 0.717) is 25.4 Å². The van der Waals surface area contributed by atoms with Gasteiger partial charge < -0.3 is 14.4 Å². The molecule has 0 unspecified atom stereocenters. The van der Waals surface area contributed by atoms with Gasteiger partial charge in [0.2, 0.25) is 0 Å². The van der Waals surface area contributed by atoms with Crippen LogP contribution in [0.15, 0.2) is 48.5 Å². The maximum Gasteiger partial charge on any atom is 0.260 e. The van der Waals surface area contributed by atoms with E-state index >= 15 is 0 Å². The Bertz CT molecular complexity index is 713. The van der Waals surface area contributed by atoms with Crippen molar-refractivity contribution >= 4 is 5.91 Å². The van der Waals surface area contributed by atoms with Crippen molar-refractivity contribution in [3.05, 3.63) is 65.5 Å². The zero-order valence-corrected chi connectivity index (χ0v) is 13.6. The highest BCUT2D eigenvalue weighted by molar-refractivity contribution is 5.78. The first-order chi connectivity index (χ1) is 11.6. The van der Waals surface area contributed by atoms with E-state index in [1.54, 1.807) is 11.0 Å². The summed E-state index contributed by atoms with van der Waals surface area (Å²) < 4.78 is 24.3. The molecule has 3 rings (SSSR count). The van der Waals surface area contributed by atoms with Gasteiger partial charge in [-0.25, -0.2) is 4.39 Å². The van der Waals surface area contributed by atoms with Crippen LogP contribution < -0.4 is 4.74 Å². The Hall–Kier alpha value is -2.40. The first-order valence-electron chi connectivity index (χ1n) is 7.93. The summed E-state index contributed by atoms with van der Waals surface area (Å²) in [4.78, 5) is 13.7. The van der Waals surface area contributed by atoms with Gasteiger partial charge in [-0.2, -0.15) is 0 Å². The van der Waals surface area contributed by atoms with Gasteiger partial charge in [-0.3, -0.25) is 4.79 Å². The summed E-state index contributed by atoms with van der Waals surface area (Å²) in [6.45, 7) is 3.45. The molecule has 2 aromatic rings. The molecule has 0 aromatic heterocycles. The molecule has 0 radical (unpaired) electrons. The molecule has 0 atom stereocenters. The number of halogens is 1. The van der Waals surface area contributed by atoms with Crippen molar-refractivity contribution in [3.63, 3.8) is 0 Å². The fourth-order valence-corrected chi connectivity index (χ4v) is 2.53. The van der Waals surface area contributed by atoms with E-state index in [1.807, 2.05) is 37.3 Å². The number of aryl methyl sites for hydroxylation is 1. The molecule has 1 fully saturated rings. The molecule has 4 nitrogen and oxygen atoms in total. The molecule has 1 aliphatic rings. The number of rotatable bonds is 6. The summed E-state index contributed by atoms with van der Waals surface area (Å²) in [5.74, 6) is 0.375. The van der Waals surface area contributed by atoms with Crippen LogP contribution in [0.2, 0.25) is 0 Å². The van der Waals surface area contributed by atoms with E-state index in [0.717, 1.165) is 11.1 Å². The number of carbonyl (C=O) groups is 1. The fraction of sp³-hybridized carbons (Fsp3) is 0.316. The highest BCUT2D eigenvalue weighted by Crippen LogP contribution is 2.16. The normalized spacial score (nSPS) is 14.3. The third-order valence-corrected chi connectivity index (χ3v) is 3.93. The molecule has 24 heavy (non-hydrogen) atoms. The second-order valence-corrected chi connectivity index (χ2v) is 5.97. The molecule has 1 saturated heterocycles. The minimum Gasteiger partial charge on any atom is -0.484 e. The molecule has 126 valence electrons. The number of carbonyl (C=O) groups excluding carboxylic acids is 1. The first-order valence-corrected chi connectivity index (χ1v) is 7.93. The zero-order chi connectivity index (χ0) is 16.9. The van der Waals surface area contributed by atoms with Crippen molar-refractivity contribution in [1.82, 2.24) is 4.90 Å². The van der Waals surface area contributed by atoms with Crippen molar-refractivity contribution in [2.45, 2.75) is 19.6 Å². The van der Waals surface area contributed by atoms with Crippen molar-refractivity contribution in [1.29, 1.82) is 0 Å². The van der Waals surface area contributed by atoms with Gasteiger partial charge in [-0.05, 0) is 42.3 Å². The molecule has 1 heterocycles. The second kappa shape index (κ2) is 7.45. The van der Waals surface area contributed by atoms with Gasteiger partial charge in [0.1, 0.15) is 11.6 Å². The van der Waals surface area contributed by atoms with Crippen molar-refractivity contribution < 1.29 is 18.7 Å². The van der Waals surface area contributed by atoms with Crippen LogP contribution >= 0.6 is 0 Å². The molecular formula is C19H20FNO3. The second-order valence-electron chi connectivity index (χ2n) is 5.97. The summed E-state index contributed by atoms with van der Waals surface area (Å²) in [5, 5.41) is 0. The lowest BCUT2D eigenvalue weighted by Crippen LogP contribution is -2.55. The lowest BCUT2D eigenvalue weighted by Gasteiger charge is -2.38. The first kappa shape index (κ1) is 16.5. The Balaban J connectivity index is 1.37. The molecule has 2 aromatic carbocycles. The summed E-state index contributed by atoms with van der Waals surface area (Å²) in [7, 11) is 0. The number of hydrogen-bond acceptors (Lipinski definition) is 3. The highest BCUT2D eigenvalue weighted by Gasteiger charge is 2.31. The topological polar surface area (TPSA) is 38.8 Å². The Labute approximate surface area is 140 Å². The maximum atomic E-state index is 13.1. The Morgan fingerprint density at radius 2 is 2.00 bits per heavy atom. The van der Waals surface area contributed by atoms with Crippen LogP contribution in [0.5, 0.6) is 5.75 Å². The fourth-order valence-electron chi connectivity index (χ4n) is 2.53. The average Bonchev–Trinajstić information content (AvgIpc) is 2.51. The third-order valence-electron chi connectivity index (χ3n) is 3.93. The summed E-state index contributed by atoms with van der Waals surface area (Å²) in [5.41, 5.74) is 1.89. The lowest BCUT2D eigenvalue weighted by molar-refractivity contribution is -0.148. The highest BCUT2D eigenvalue weighted by atomic mass is 19.1. The predicted octanol–water partition coefficient (Wildman–Crippen LogP) is 2.94. The SMILES string of the molecule is Cc1cccc(OCC(=O)N2CC(OCc3cccc(F)c3)C2)c1. The Kier molecular flexibility index (Phi) is 5.11. The van der Waals surface area contributed by atoms with Crippen molar-refractivity contribution in [3.8, 4) is 5.75 Å². The van der Waals surface area contributed by atoms with Crippen molar-refractivity contribution in [2.75, 3.05) is 19.7 Å². The molecular weight excluding hydrogens is 309 g/mol. The molecule has 0 bridgehead atoms. The summed E-state index contributed by atoms with van der Waals surface area (Å²) >= 11 is 0. The van der Waals surface area contributed by atoms with Gasteiger partial charge in [-0.15, -0.1) is 0 Å². The van der Waals surface area contributed by atoms with E-state index in [2.05, 4.69) is 0 Å². The van der Waals surface area contributed by atoms with Crippen molar-refractivity contribution in [2.24, 2.45) is 0 Å². The van der Waals surface area contributed by atoms with E-state index in [9.17, 15) is 9.18 Å². The van der Waals surface area contributed by atoms with E-state index < -0.39 is 0 Å². The minimum atomic E-state index is -0.269. The molecule has 1 amide bonds. The average molecular weight is 329 g/mol. The van der Waals surface area contributed by atoms with Gasteiger partial charge >= 0.3 is 0 Å². The van der Waals surface area contributed by atoms with Gasteiger partial charge in [0.05, 0.1) is 12.7 Å². The number of benzene rings is 2. The van der Waals surface area contributed by atoms with Crippen LogP contribution in [-0.2, 0) is 16.1 Å². The van der Waals surface area contributed by atoms with E-state index in [1.165, 1.54) is 12.1 Å². The Morgan fingerprint density at radius 1 is 1.21 bits per heavy atom. The van der Waals surface area contributed by atoms with Gasteiger partial charge in [0.15, 0.2) is 6.61 Å². The molecule has 5 heteroatoms. The van der Waals surface area contributed by atoms with Gasteiger partial charge in [-0.1, -0.05) is 24.3 Å². The number of likely N-dealkylation sites (tertiary alicyclic amines) is 1. The maximum absolute atomic E-state index is 13.1. The van der Waals surface area contributed by atoms with E-state index in [-0.39, 0.29) is 24.4 Å². The van der Waals surface area contributed by atoms with Gasteiger partial charge in [0, 0.05) is 13.1 Å². The van der Waals surface area contributed by atoms with Crippen LogP contribution in [0.3, 0.4) is 0 Å². The van der Waals surface area contributed by atoms with Crippen LogP contribution in [0, 0.1) is 12.7 Å². The zero-order valence-electron chi connectivity index (χ0n) is 13.6. The molecule has 0 aliphatic carbocycles. The standard InChI is InChI=1S/C19H20FNO3/c1-14-4-2-7-17(8-14)24-13-19(22)21-10-18(11-21)23-12-15-5-3-6-16(20)9-15/h2-9,18H,10-13H2,1H3. The largest absolute Gasteiger partial charge is 0.484 e. The molecule has 0 saturated carbocycles. The Morgan fingerprint density at radius 3 is 2.75 bits per heavy atom. The lowest BCUT2D eigenvalue weighted by atomic mass is 10.1. The van der Waals surface area contributed by atoms with Crippen LogP contribution in [-0.4, -0.2) is 36.6 Å².